The SMILES string of the molecule is CCc1ccccc1S(=O)(=O)Nc1ccc(-c2ccc3nnc(C)n3n2)cc1. The van der Waals surface area contributed by atoms with Crippen LogP contribution in [0.5, 0.6) is 0 Å². The van der Waals surface area contributed by atoms with Crippen LogP contribution in [-0.2, 0) is 16.4 Å². The third-order valence-corrected chi connectivity index (χ3v) is 5.98. The number of fused-ring (bicyclic) bond motifs is 1. The molecule has 28 heavy (non-hydrogen) atoms. The Labute approximate surface area is 163 Å². The third-order valence-electron chi connectivity index (χ3n) is 4.49. The van der Waals surface area contributed by atoms with Crippen LogP contribution in [-0.4, -0.2) is 28.2 Å². The molecule has 0 bridgehead atoms. The van der Waals surface area contributed by atoms with Gasteiger partial charge in [-0.25, -0.2) is 8.42 Å². The molecule has 0 radical (unpaired) electrons. The molecule has 2 aromatic carbocycles. The van der Waals surface area contributed by atoms with Crippen LogP contribution in [0.1, 0.15) is 18.3 Å². The van der Waals surface area contributed by atoms with Crippen LogP contribution in [0.25, 0.3) is 16.9 Å². The molecule has 0 atom stereocenters. The summed E-state index contributed by atoms with van der Waals surface area (Å²) in [6, 6.07) is 17.8. The lowest BCUT2D eigenvalue weighted by molar-refractivity contribution is 0.600. The largest absolute Gasteiger partial charge is 0.280 e. The van der Waals surface area contributed by atoms with Crippen LogP contribution < -0.4 is 4.72 Å². The minimum absolute atomic E-state index is 0.303. The van der Waals surface area contributed by atoms with E-state index in [1.54, 1.807) is 28.8 Å². The average molecular weight is 393 g/mol. The molecule has 8 heteroatoms. The minimum atomic E-state index is -3.65. The summed E-state index contributed by atoms with van der Waals surface area (Å²) >= 11 is 0. The van der Waals surface area contributed by atoms with Gasteiger partial charge in [0.05, 0.1) is 10.6 Å². The van der Waals surface area contributed by atoms with E-state index in [1.807, 2.05) is 50.2 Å². The van der Waals surface area contributed by atoms with Crippen molar-refractivity contribution in [1.82, 2.24) is 19.8 Å². The summed E-state index contributed by atoms with van der Waals surface area (Å²) in [5, 5.41) is 12.6. The second kappa shape index (κ2) is 7.05. The van der Waals surface area contributed by atoms with E-state index >= 15 is 0 Å². The third kappa shape index (κ3) is 3.34. The van der Waals surface area contributed by atoms with Crippen molar-refractivity contribution in [2.75, 3.05) is 4.72 Å². The molecule has 142 valence electrons. The molecule has 0 amide bonds. The van der Waals surface area contributed by atoms with Crippen molar-refractivity contribution in [3.63, 3.8) is 0 Å². The molecule has 4 rings (SSSR count). The van der Waals surface area contributed by atoms with Crippen molar-refractivity contribution in [3.8, 4) is 11.3 Å². The van der Waals surface area contributed by atoms with Gasteiger partial charge < -0.3 is 0 Å². The van der Waals surface area contributed by atoms with E-state index in [0.29, 0.717) is 28.5 Å². The highest BCUT2D eigenvalue weighted by atomic mass is 32.2. The fraction of sp³-hybridized carbons (Fsp3) is 0.150. The summed E-state index contributed by atoms with van der Waals surface area (Å²) in [4.78, 5) is 0.303. The van der Waals surface area contributed by atoms with Gasteiger partial charge in [-0.05, 0) is 49.2 Å². The average Bonchev–Trinajstić information content (AvgIpc) is 3.08. The first-order valence-electron chi connectivity index (χ1n) is 8.88. The van der Waals surface area contributed by atoms with Gasteiger partial charge >= 0.3 is 0 Å². The number of anilines is 1. The van der Waals surface area contributed by atoms with Crippen LogP contribution in [0.2, 0.25) is 0 Å². The molecule has 2 aromatic heterocycles. The van der Waals surface area contributed by atoms with Crippen molar-refractivity contribution in [1.29, 1.82) is 0 Å². The molecule has 7 nitrogen and oxygen atoms in total. The van der Waals surface area contributed by atoms with Crippen LogP contribution >= 0.6 is 0 Å². The maximum absolute atomic E-state index is 12.7. The first kappa shape index (κ1) is 18.1. The number of aryl methyl sites for hydroxylation is 2. The number of hydrogen-bond donors (Lipinski definition) is 1. The molecule has 2 heterocycles. The summed E-state index contributed by atoms with van der Waals surface area (Å²) in [5.41, 5.74) is 3.58. The van der Waals surface area contributed by atoms with Crippen molar-refractivity contribution in [2.45, 2.75) is 25.2 Å². The van der Waals surface area contributed by atoms with Gasteiger partial charge in [0.25, 0.3) is 10.0 Å². The quantitative estimate of drug-likeness (QED) is 0.561. The Morgan fingerprint density at radius 3 is 2.46 bits per heavy atom. The monoisotopic (exact) mass is 393 g/mol. The fourth-order valence-electron chi connectivity index (χ4n) is 3.03. The summed E-state index contributed by atoms with van der Waals surface area (Å²) < 4.78 is 29.8. The maximum atomic E-state index is 12.7. The zero-order valence-corrected chi connectivity index (χ0v) is 16.3. The Morgan fingerprint density at radius 1 is 0.964 bits per heavy atom. The molecule has 0 spiro atoms. The molecular weight excluding hydrogens is 374 g/mol. The summed E-state index contributed by atoms with van der Waals surface area (Å²) in [6.07, 6.45) is 0.646. The van der Waals surface area contributed by atoms with E-state index in [2.05, 4.69) is 20.0 Å². The molecule has 0 aliphatic heterocycles. The number of nitrogens with one attached hydrogen (secondary N) is 1. The second-order valence-corrected chi connectivity index (χ2v) is 8.03. The number of aromatic nitrogens is 4. The lowest BCUT2D eigenvalue weighted by atomic mass is 10.1. The number of sulfonamides is 1. The van der Waals surface area contributed by atoms with Crippen LogP contribution in [0.3, 0.4) is 0 Å². The smallest absolute Gasteiger partial charge is 0.262 e. The lowest BCUT2D eigenvalue weighted by Gasteiger charge is -2.12. The fourth-order valence-corrected chi connectivity index (χ4v) is 4.40. The zero-order chi connectivity index (χ0) is 19.7. The highest BCUT2D eigenvalue weighted by Crippen LogP contribution is 2.23. The molecule has 0 saturated heterocycles. The van der Waals surface area contributed by atoms with Crippen LogP contribution in [0.4, 0.5) is 5.69 Å². The van der Waals surface area contributed by atoms with E-state index < -0.39 is 10.0 Å². The number of hydrogen-bond acceptors (Lipinski definition) is 5. The van der Waals surface area contributed by atoms with Crippen LogP contribution in [0.15, 0.2) is 65.6 Å². The predicted octanol–water partition coefficient (Wildman–Crippen LogP) is 3.46. The van der Waals surface area contributed by atoms with Crippen molar-refractivity contribution in [3.05, 3.63) is 72.1 Å². The van der Waals surface area contributed by atoms with Gasteiger partial charge in [0.2, 0.25) is 0 Å². The Hall–Kier alpha value is -3.26. The Balaban J connectivity index is 1.61. The second-order valence-electron chi connectivity index (χ2n) is 6.38. The zero-order valence-electron chi connectivity index (χ0n) is 15.5. The number of rotatable bonds is 5. The standard InChI is InChI=1S/C20H19N5O2S/c1-3-15-6-4-5-7-19(15)28(26,27)24-17-10-8-16(9-11-17)18-12-13-20-22-21-14(2)25(20)23-18/h4-13,24H,3H2,1-2H3. The van der Waals surface area contributed by atoms with Crippen molar-refractivity contribution < 1.29 is 8.42 Å². The van der Waals surface area contributed by atoms with Gasteiger partial charge in [-0.3, -0.25) is 4.72 Å². The Kier molecular flexibility index (Phi) is 4.56. The molecule has 0 unspecified atom stereocenters. The van der Waals surface area contributed by atoms with E-state index in [9.17, 15) is 8.42 Å². The van der Waals surface area contributed by atoms with Gasteiger partial charge in [0, 0.05) is 11.3 Å². The number of benzene rings is 2. The predicted molar refractivity (Wildman–Crippen MR) is 108 cm³/mol. The lowest BCUT2D eigenvalue weighted by Crippen LogP contribution is -2.14. The molecule has 0 fully saturated rings. The molecular formula is C20H19N5O2S. The highest BCUT2D eigenvalue weighted by Gasteiger charge is 2.17. The normalized spacial score (nSPS) is 11.6. The maximum Gasteiger partial charge on any atom is 0.262 e. The summed E-state index contributed by atoms with van der Waals surface area (Å²) in [5.74, 6) is 0.704. The van der Waals surface area contributed by atoms with Gasteiger partial charge in [0.1, 0.15) is 0 Å². The molecule has 1 N–H and O–H groups in total. The van der Waals surface area contributed by atoms with Crippen molar-refractivity contribution in [2.24, 2.45) is 0 Å². The van der Waals surface area contributed by atoms with E-state index in [-0.39, 0.29) is 0 Å². The topological polar surface area (TPSA) is 89.2 Å². The summed E-state index contributed by atoms with van der Waals surface area (Å²) in [7, 11) is -3.65. The Morgan fingerprint density at radius 2 is 1.71 bits per heavy atom. The number of nitrogens with zero attached hydrogens (tertiary/aromatic N) is 4. The molecule has 0 aliphatic carbocycles. The van der Waals surface area contributed by atoms with Gasteiger partial charge in [0.15, 0.2) is 11.5 Å². The minimum Gasteiger partial charge on any atom is -0.280 e. The van der Waals surface area contributed by atoms with Crippen molar-refractivity contribution >= 4 is 21.4 Å². The van der Waals surface area contributed by atoms with E-state index in [1.165, 1.54) is 0 Å². The Bertz CT molecular complexity index is 1250. The van der Waals surface area contributed by atoms with Gasteiger partial charge in [-0.1, -0.05) is 37.3 Å². The molecule has 4 aromatic rings. The first-order chi connectivity index (χ1) is 13.5. The summed E-state index contributed by atoms with van der Waals surface area (Å²) in [6.45, 7) is 3.77. The first-order valence-corrected chi connectivity index (χ1v) is 10.4. The highest BCUT2D eigenvalue weighted by molar-refractivity contribution is 7.92. The van der Waals surface area contributed by atoms with E-state index in [4.69, 9.17) is 0 Å². The van der Waals surface area contributed by atoms with Crippen LogP contribution in [0, 0.1) is 6.92 Å². The van der Waals surface area contributed by atoms with Gasteiger partial charge in [-0.15, -0.1) is 10.2 Å². The molecule has 0 saturated carbocycles. The van der Waals surface area contributed by atoms with E-state index in [0.717, 1.165) is 16.8 Å². The van der Waals surface area contributed by atoms with Gasteiger partial charge in [-0.2, -0.15) is 9.61 Å². The molecule has 0 aliphatic rings.